The van der Waals surface area contributed by atoms with Crippen LogP contribution in [0.1, 0.15) is 67.3 Å². The van der Waals surface area contributed by atoms with E-state index in [9.17, 15) is 9.18 Å². The number of hydrogen-bond donors (Lipinski definition) is 1. The van der Waals surface area contributed by atoms with Gasteiger partial charge in [0.2, 0.25) is 0 Å². The number of rotatable bonds is 4. The molecule has 3 heterocycles. The highest BCUT2D eigenvalue weighted by molar-refractivity contribution is 5.92. The van der Waals surface area contributed by atoms with Gasteiger partial charge in [-0.05, 0) is 49.8 Å². The summed E-state index contributed by atoms with van der Waals surface area (Å²) in [7, 11) is 0. The van der Waals surface area contributed by atoms with Crippen LogP contribution in [0.2, 0.25) is 0 Å². The van der Waals surface area contributed by atoms with Crippen LogP contribution < -0.4 is 0 Å². The molecule has 2 aromatic heterocycles. The molecule has 0 radical (unpaired) electrons. The molecule has 0 spiro atoms. The van der Waals surface area contributed by atoms with Gasteiger partial charge in [0, 0.05) is 13.1 Å². The molecule has 2 fully saturated rings. The van der Waals surface area contributed by atoms with Crippen LogP contribution in [0.25, 0.3) is 11.0 Å². The molecule has 5 rings (SSSR count). The second kappa shape index (κ2) is 7.57. The number of amides is 1. The average molecular weight is 396 g/mol. The van der Waals surface area contributed by atoms with Gasteiger partial charge in [0.05, 0.1) is 23.3 Å². The summed E-state index contributed by atoms with van der Waals surface area (Å²) in [6.07, 6.45) is 9.84. The first-order chi connectivity index (χ1) is 14.2. The molecular weight excluding hydrogens is 371 g/mol. The maximum atomic E-state index is 13.5. The Morgan fingerprint density at radius 3 is 2.90 bits per heavy atom. The highest BCUT2D eigenvalue weighted by atomic mass is 19.1. The number of aromatic amines is 1. The van der Waals surface area contributed by atoms with E-state index in [4.69, 9.17) is 0 Å². The first-order valence-corrected chi connectivity index (χ1v) is 10.5. The molecule has 1 saturated carbocycles. The van der Waals surface area contributed by atoms with Crippen molar-refractivity contribution >= 4 is 16.9 Å². The van der Waals surface area contributed by atoms with Crippen molar-refractivity contribution < 1.29 is 9.18 Å². The van der Waals surface area contributed by atoms with Crippen molar-refractivity contribution in [3.8, 4) is 0 Å². The minimum Gasteiger partial charge on any atom is -0.340 e. The summed E-state index contributed by atoms with van der Waals surface area (Å²) in [6, 6.07) is 4.34. The standard InChI is InChI=1S/C21H25FN6O/c22-15-8-9-16-17(11-15)24-20(23-16)19-7-4-10-28(19)21(29)18-13-27(26-25-18)12-14-5-2-1-3-6-14/h8-9,11,13-14,19H,1-7,10,12H2,(H,23,24). The van der Waals surface area contributed by atoms with Crippen molar-refractivity contribution in [3.63, 3.8) is 0 Å². The molecule has 8 heteroatoms. The fraction of sp³-hybridized carbons (Fsp3) is 0.524. The number of halogens is 1. The Hall–Kier alpha value is -2.77. The lowest BCUT2D eigenvalue weighted by Crippen LogP contribution is -2.31. The van der Waals surface area contributed by atoms with Crippen LogP contribution in [0.4, 0.5) is 4.39 Å². The van der Waals surface area contributed by atoms with Gasteiger partial charge in [-0.2, -0.15) is 0 Å². The van der Waals surface area contributed by atoms with E-state index in [1.165, 1.54) is 44.2 Å². The summed E-state index contributed by atoms with van der Waals surface area (Å²) >= 11 is 0. The zero-order valence-electron chi connectivity index (χ0n) is 16.4. The summed E-state index contributed by atoms with van der Waals surface area (Å²) in [5.41, 5.74) is 1.74. The van der Waals surface area contributed by atoms with Crippen molar-refractivity contribution in [1.82, 2.24) is 29.9 Å². The van der Waals surface area contributed by atoms with Gasteiger partial charge in [-0.3, -0.25) is 9.48 Å². The SMILES string of the molecule is O=C(c1cn(CC2CCCCC2)nn1)N1CCCC1c1nc2ccc(F)cc2[nH]1. The molecule has 1 aliphatic carbocycles. The number of likely N-dealkylation sites (tertiary alicyclic amines) is 1. The number of carbonyl (C=O) groups excluding carboxylic acids is 1. The van der Waals surface area contributed by atoms with Gasteiger partial charge < -0.3 is 9.88 Å². The molecule has 1 atom stereocenters. The third-order valence-electron chi connectivity index (χ3n) is 6.22. The van der Waals surface area contributed by atoms with Crippen LogP contribution in [0.3, 0.4) is 0 Å². The summed E-state index contributed by atoms with van der Waals surface area (Å²) < 4.78 is 15.3. The molecule has 152 valence electrons. The van der Waals surface area contributed by atoms with Crippen molar-refractivity contribution in [2.75, 3.05) is 6.54 Å². The van der Waals surface area contributed by atoms with E-state index in [1.807, 2.05) is 9.58 Å². The number of aromatic nitrogens is 5. The van der Waals surface area contributed by atoms with Gasteiger partial charge >= 0.3 is 0 Å². The van der Waals surface area contributed by atoms with Gasteiger partial charge in [0.15, 0.2) is 5.69 Å². The van der Waals surface area contributed by atoms with Crippen LogP contribution in [-0.2, 0) is 6.54 Å². The van der Waals surface area contributed by atoms with Crippen LogP contribution >= 0.6 is 0 Å². The maximum absolute atomic E-state index is 13.5. The topological polar surface area (TPSA) is 79.7 Å². The van der Waals surface area contributed by atoms with Crippen LogP contribution in [-0.4, -0.2) is 42.3 Å². The summed E-state index contributed by atoms with van der Waals surface area (Å²) in [5.74, 6) is 0.908. The Morgan fingerprint density at radius 2 is 2.03 bits per heavy atom. The van der Waals surface area contributed by atoms with E-state index >= 15 is 0 Å². The number of benzene rings is 1. The summed E-state index contributed by atoms with van der Waals surface area (Å²) in [4.78, 5) is 22.7. The first kappa shape index (κ1) is 18.3. The van der Waals surface area contributed by atoms with Crippen molar-refractivity contribution in [1.29, 1.82) is 0 Å². The lowest BCUT2D eigenvalue weighted by molar-refractivity contribution is 0.0724. The highest BCUT2D eigenvalue weighted by Crippen LogP contribution is 2.32. The maximum Gasteiger partial charge on any atom is 0.276 e. The first-order valence-electron chi connectivity index (χ1n) is 10.5. The molecular formula is C21H25FN6O. The zero-order chi connectivity index (χ0) is 19.8. The van der Waals surface area contributed by atoms with Crippen LogP contribution in [0.5, 0.6) is 0 Å². The number of fused-ring (bicyclic) bond motifs is 1. The number of nitrogens with one attached hydrogen (secondary N) is 1. The molecule has 1 N–H and O–H groups in total. The lowest BCUT2D eigenvalue weighted by atomic mass is 9.89. The molecule has 2 aliphatic rings. The third kappa shape index (κ3) is 3.63. The Bertz CT molecular complexity index is 1020. The van der Waals surface area contributed by atoms with Crippen molar-refractivity contribution in [2.45, 2.75) is 57.5 Å². The molecule has 7 nitrogen and oxygen atoms in total. The minimum atomic E-state index is -0.304. The van der Waals surface area contributed by atoms with E-state index < -0.39 is 0 Å². The molecule has 1 saturated heterocycles. The lowest BCUT2D eigenvalue weighted by Gasteiger charge is -2.22. The average Bonchev–Trinajstić information content (AvgIpc) is 3.47. The molecule has 0 bridgehead atoms. The summed E-state index contributed by atoms with van der Waals surface area (Å²) in [6.45, 7) is 1.49. The fourth-order valence-corrected chi connectivity index (χ4v) is 4.72. The van der Waals surface area contributed by atoms with E-state index in [1.54, 1.807) is 12.3 Å². The van der Waals surface area contributed by atoms with Gasteiger partial charge in [0.1, 0.15) is 11.6 Å². The monoisotopic (exact) mass is 396 g/mol. The normalized spacial score (nSPS) is 20.6. The molecule has 29 heavy (non-hydrogen) atoms. The van der Waals surface area contributed by atoms with Crippen molar-refractivity contribution in [2.24, 2.45) is 5.92 Å². The summed E-state index contributed by atoms with van der Waals surface area (Å²) in [5, 5.41) is 8.35. The highest BCUT2D eigenvalue weighted by Gasteiger charge is 2.34. The van der Waals surface area contributed by atoms with E-state index in [2.05, 4.69) is 20.3 Å². The Kier molecular flexibility index (Phi) is 4.77. The van der Waals surface area contributed by atoms with Gasteiger partial charge in [-0.1, -0.05) is 24.5 Å². The van der Waals surface area contributed by atoms with Gasteiger partial charge in [-0.15, -0.1) is 5.10 Å². The number of imidazole rings is 1. The van der Waals surface area contributed by atoms with Gasteiger partial charge in [-0.25, -0.2) is 9.37 Å². The molecule has 1 amide bonds. The Balaban J connectivity index is 1.33. The van der Waals surface area contributed by atoms with Crippen LogP contribution in [0, 0.1) is 11.7 Å². The minimum absolute atomic E-state index is 0.117. The van der Waals surface area contributed by atoms with E-state index in [0.717, 1.165) is 19.4 Å². The number of carbonyl (C=O) groups is 1. The smallest absolute Gasteiger partial charge is 0.276 e. The predicted octanol–water partition coefficient (Wildman–Crippen LogP) is 3.85. The number of nitrogens with zero attached hydrogens (tertiary/aromatic N) is 5. The molecule has 1 aliphatic heterocycles. The zero-order valence-corrected chi connectivity index (χ0v) is 16.4. The second-order valence-electron chi connectivity index (χ2n) is 8.27. The Morgan fingerprint density at radius 1 is 1.17 bits per heavy atom. The number of hydrogen-bond acceptors (Lipinski definition) is 4. The molecule has 1 aromatic carbocycles. The van der Waals surface area contributed by atoms with Gasteiger partial charge in [0.25, 0.3) is 5.91 Å². The largest absolute Gasteiger partial charge is 0.340 e. The second-order valence-corrected chi connectivity index (χ2v) is 8.27. The third-order valence-corrected chi connectivity index (χ3v) is 6.22. The van der Waals surface area contributed by atoms with Crippen LogP contribution in [0.15, 0.2) is 24.4 Å². The van der Waals surface area contributed by atoms with E-state index in [-0.39, 0.29) is 17.8 Å². The number of H-pyrrole nitrogens is 1. The predicted molar refractivity (Wildman–Crippen MR) is 106 cm³/mol. The molecule has 1 unspecified atom stereocenters. The quantitative estimate of drug-likeness (QED) is 0.726. The Labute approximate surface area is 168 Å². The van der Waals surface area contributed by atoms with E-state index in [0.29, 0.717) is 35.0 Å². The molecule has 3 aromatic rings. The fourth-order valence-electron chi connectivity index (χ4n) is 4.72. The van der Waals surface area contributed by atoms with Crippen molar-refractivity contribution in [3.05, 3.63) is 41.7 Å².